The van der Waals surface area contributed by atoms with Crippen LogP contribution in [0.25, 0.3) is 0 Å². The molecule has 0 saturated heterocycles. The van der Waals surface area contributed by atoms with Crippen LogP contribution in [0.4, 0.5) is 0 Å². The highest BCUT2D eigenvalue weighted by Crippen LogP contribution is 2.17. The van der Waals surface area contributed by atoms with E-state index in [2.05, 4.69) is 10.4 Å². The topological polar surface area (TPSA) is 67.2 Å². The van der Waals surface area contributed by atoms with Crippen LogP contribution in [-0.2, 0) is 20.1 Å². The second-order valence-electron chi connectivity index (χ2n) is 4.46. The van der Waals surface area contributed by atoms with E-state index in [0.717, 1.165) is 17.0 Å². The number of hydrogen-bond acceptors (Lipinski definition) is 4. The highest BCUT2D eigenvalue weighted by molar-refractivity contribution is 7.12. The number of rotatable bonds is 5. The van der Waals surface area contributed by atoms with Crippen molar-refractivity contribution >= 4 is 17.3 Å². The zero-order valence-electron chi connectivity index (χ0n) is 11.2. The van der Waals surface area contributed by atoms with Crippen LogP contribution in [0.15, 0.2) is 11.4 Å². The molecule has 102 valence electrons. The third kappa shape index (κ3) is 2.85. The Morgan fingerprint density at radius 2 is 2.21 bits per heavy atom. The van der Waals surface area contributed by atoms with Crippen molar-refractivity contribution in [3.63, 3.8) is 0 Å². The summed E-state index contributed by atoms with van der Waals surface area (Å²) < 4.78 is 1.86. The third-order valence-electron chi connectivity index (χ3n) is 3.22. The van der Waals surface area contributed by atoms with Crippen LogP contribution in [0.1, 0.15) is 32.2 Å². The first-order valence-electron chi connectivity index (χ1n) is 6.00. The summed E-state index contributed by atoms with van der Waals surface area (Å²) in [5.74, 6) is -0.861. The zero-order chi connectivity index (χ0) is 14.0. The van der Waals surface area contributed by atoms with E-state index in [1.54, 1.807) is 5.38 Å². The molecule has 0 atom stereocenters. The molecule has 6 heteroatoms. The van der Waals surface area contributed by atoms with E-state index in [1.807, 2.05) is 31.6 Å². The van der Waals surface area contributed by atoms with E-state index in [4.69, 9.17) is 5.11 Å². The molecule has 0 aliphatic carbocycles. The molecule has 0 radical (unpaired) electrons. The molecule has 0 amide bonds. The Morgan fingerprint density at radius 1 is 1.47 bits per heavy atom. The van der Waals surface area contributed by atoms with Gasteiger partial charge in [-0.25, -0.2) is 4.79 Å². The first kappa shape index (κ1) is 13.8. The number of nitrogens with zero attached hydrogens (tertiary/aromatic N) is 2. The van der Waals surface area contributed by atoms with Crippen molar-refractivity contribution in [3.05, 3.63) is 38.8 Å². The van der Waals surface area contributed by atoms with E-state index in [9.17, 15) is 4.79 Å². The lowest BCUT2D eigenvalue weighted by Gasteiger charge is -2.05. The van der Waals surface area contributed by atoms with E-state index in [1.165, 1.54) is 16.9 Å². The standard InChI is InChI=1S/C13H17N3O2S/c1-8-11(9(2)16(3)15-8)7-14-6-10-4-5-19-12(10)13(17)18/h4-5,14H,6-7H2,1-3H3,(H,17,18). The van der Waals surface area contributed by atoms with Gasteiger partial charge >= 0.3 is 5.97 Å². The van der Waals surface area contributed by atoms with Gasteiger partial charge in [0, 0.05) is 31.4 Å². The Hall–Kier alpha value is -1.66. The summed E-state index contributed by atoms with van der Waals surface area (Å²) in [7, 11) is 1.92. The number of carboxylic acids is 1. The minimum atomic E-state index is -0.861. The van der Waals surface area contributed by atoms with Crippen molar-refractivity contribution in [2.45, 2.75) is 26.9 Å². The summed E-state index contributed by atoms with van der Waals surface area (Å²) >= 11 is 1.26. The van der Waals surface area contributed by atoms with Gasteiger partial charge in [0.05, 0.1) is 5.69 Å². The molecule has 2 aromatic rings. The first-order chi connectivity index (χ1) is 9.00. The normalized spacial score (nSPS) is 10.9. The predicted octanol–water partition coefficient (Wildman–Crippen LogP) is 2.09. The van der Waals surface area contributed by atoms with Crippen molar-refractivity contribution in [2.24, 2.45) is 7.05 Å². The summed E-state index contributed by atoms with van der Waals surface area (Å²) in [6, 6.07) is 1.85. The molecule has 0 aliphatic rings. The largest absolute Gasteiger partial charge is 0.477 e. The van der Waals surface area contributed by atoms with E-state index >= 15 is 0 Å². The average molecular weight is 279 g/mol. The van der Waals surface area contributed by atoms with Crippen molar-refractivity contribution in [2.75, 3.05) is 0 Å². The van der Waals surface area contributed by atoms with Gasteiger partial charge in [-0.3, -0.25) is 4.68 Å². The second-order valence-corrected chi connectivity index (χ2v) is 5.37. The van der Waals surface area contributed by atoms with Crippen LogP contribution in [0.3, 0.4) is 0 Å². The maximum atomic E-state index is 11.0. The number of aromatic carboxylic acids is 1. The highest BCUT2D eigenvalue weighted by Gasteiger charge is 2.12. The summed E-state index contributed by atoms with van der Waals surface area (Å²) in [6.45, 7) is 5.26. The van der Waals surface area contributed by atoms with E-state index in [-0.39, 0.29) is 0 Å². The van der Waals surface area contributed by atoms with Gasteiger partial charge in [0.25, 0.3) is 0 Å². The first-order valence-corrected chi connectivity index (χ1v) is 6.88. The number of nitrogens with one attached hydrogen (secondary N) is 1. The zero-order valence-corrected chi connectivity index (χ0v) is 12.0. The molecule has 5 nitrogen and oxygen atoms in total. The lowest BCUT2D eigenvalue weighted by molar-refractivity contribution is 0.0701. The molecular weight excluding hydrogens is 262 g/mol. The SMILES string of the molecule is Cc1nn(C)c(C)c1CNCc1ccsc1C(=O)O. The number of thiophene rings is 1. The molecule has 0 unspecified atom stereocenters. The Balaban J connectivity index is 2.00. The van der Waals surface area contributed by atoms with Crippen molar-refractivity contribution in [1.82, 2.24) is 15.1 Å². The molecular formula is C13H17N3O2S. The third-order valence-corrected chi connectivity index (χ3v) is 4.16. The van der Waals surface area contributed by atoms with E-state index in [0.29, 0.717) is 18.0 Å². The smallest absolute Gasteiger partial charge is 0.346 e. The van der Waals surface area contributed by atoms with Gasteiger partial charge in [-0.1, -0.05) is 0 Å². The summed E-state index contributed by atoms with van der Waals surface area (Å²) in [5, 5.41) is 18.5. The van der Waals surface area contributed by atoms with Gasteiger partial charge in [0.15, 0.2) is 0 Å². The number of hydrogen-bond donors (Lipinski definition) is 2. The van der Waals surface area contributed by atoms with Crippen LogP contribution < -0.4 is 5.32 Å². The number of aromatic nitrogens is 2. The van der Waals surface area contributed by atoms with Crippen LogP contribution in [0.2, 0.25) is 0 Å². The molecule has 0 spiro atoms. The van der Waals surface area contributed by atoms with Crippen LogP contribution in [0, 0.1) is 13.8 Å². The Kier molecular flexibility index (Phi) is 4.01. The lowest BCUT2D eigenvalue weighted by Crippen LogP contribution is -2.15. The maximum absolute atomic E-state index is 11.0. The summed E-state index contributed by atoms with van der Waals surface area (Å²) in [5.41, 5.74) is 4.15. The lowest BCUT2D eigenvalue weighted by atomic mass is 10.2. The predicted molar refractivity (Wildman–Crippen MR) is 74.5 cm³/mol. The molecule has 2 rings (SSSR count). The van der Waals surface area contributed by atoms with Gasteiger partial charge in [-0.2, -0.15) is 5.10 Å². The minimum absolute atomic E-state index is 0.409. The molecule has 19 heavy (non-hydrogen) atoms. The molecule has 2 heterocycles. The van der Waals surface area contributed by atoms with Gasteiger partial charge in [-0.15, -0.1) is 11.3 Å². The second kappa shape index (κ2) is 5.54. The Bertz CT molecular complexity index is 601. The fourth-order valence-corrected chi connectivity index (χ4v) is 2.82. The molecule has 0 fully saturated rings. The maximum Gasteiger partial charge on any atom is 0.346 e. The molecule has 0 aliphatic heterocycles. The summed E-state index contributed by atoms with van der Waals surface area (Å²) in [4.78, 5) is 11.4. The van der Waals surface area contributed by atoms with Crippen LogP contribution in [-0.4, -0.2) is 20.9 Å². The number of carbonyl (C=O) groups is 1. The Morgan fingerprint density at radius 3 is 2.79 bits per heavy atom. The molecule has 0 saturated carbocycles. The van der Waals surface area contributed by atoms with Crippen LogP contribution in [0.5, 0.6) is 0 Å². The monoisotopic (exact) mass is 279 g/mol. The highest BCUT2D eigenvalue weighted by atomic mass is 32.1. The average Bonchev–Trinajstić information content (AvgIpc) is 2.89. The minimum Gasteiger partial charge on any atom is -0.477 e. The van der Waals surface area contributed by atoms with Crippen molar-refractivity contribution in [3.8, 4) is 0 Å². The number of aryl methyl sites for hydroxylation is 2. The van der Waals surface area contributed by atoms with Crippen molar-refractivity contribution in [1.29, 1.82) is 0 Å². The quantitative estimate of drug-likeness (QED) is 0.879. The van der Waals surface area contributed by atoms with Crippen molar-refractivity contribution < 1.29 is 9.90 Å². The Labute approximate surface area is 115 Å². The van der Waals surface area contributed by atoms with Gasteiger partial charge in [-0.05, 0) is 30.9 Å². The van der Waals surface area contributed by atoms with Gasteiger partial charge < -0.3 is 10.4 Å². The summed E-state index contributed by atoms with van der Waals surface area (Å²) in [6.07, 6.45) is 0. The number of carboxylic acid groups (broad SMARTS) is 1. The molecule has 2 aromatic heterocycles. The fraction of sp³-hybridized carbons (Fsp3) is 0.385. The fourth-order valence-electron chi connectivity index (χ4n) is 2.06. The molecule has 0 aromatic carbocycles. The molecule has 0 bridgehead atoms. The molecule has 2 N–H and O–H groups in total. The van der Waals surface area contributed by atoms with Crippen LogP contribution >= 0.6 is 11.3 Å². The van der Waals surface area contributed by atoms with Gasteiger partial charge in [0.2, 0.25) is 0 Å². The van der Waals surface area contributed by atoms with E-state index < -0.39 is 5.97 Å². The van der Waals surface area contributed by atoms with Gasteiger partial charge in [0.1, 0.15) is 4.88 Å².